The van der Waals surface area contributed by atoms with E-state index in [2.05, 4.69) is 17.6 Å². The number of hydrogen-bond acceptors (Lipinski definition) is 8. The van der Waals surface area contributed by atoms with E-state index in [9.17, 15) is 19.2 Å². The van der Waals surface area contributed by atoms with E-state index >= 15 is 0 Å². The van der Waals surface area contributed by atoms with Crippen LogP contribution >= 0.6 is 0 Å². The summed E-state index contributed by atoms with van der Waals surface area (Å²) < 4.78 is 22.9. The molecule has 6 atom stereocenters. The molecule has 10 nitrogen and oxygen atoms in total. The number of amides is 2. The van der Waals surface area contributed by atoms with Gasteiger partial charge in [0.1, 0.15) is 6.10 Å². The maximum atomic E-state index is 14.0. The Labute approximate surface area is 262 Å². The summed E-state index contributed by atoms with van der Waals surface area (Å²) in [5, 5.41) is 5.85. The van der Waals surface area contributed by atoms with E-state index in [1.165, 1.54) is 39.2 Å². The van der Waals surface area contributed by atoms with E-state index < -0.39 is 54.1 Å². The molecule has 5 rings (SSSR count). The monoisotopic (exact) mass is 618 g/mol. The van der Waals surface area contributed by atoms with Gasteiger partial charge in [0.15, 0.2) is 6.10 Å². The van der Waals surface area contributed by atoms with Gasteiger partial charge in [-0.25, -0.2) is 4.79 Å². The maximum Gasteiger partial charge on any atom is 0.335 e. The fraction of sp³-hybridized carbons (Fsp3) is 0.882. The average molecular weight is 619 g/mol. The molecular formula is C34H54N2O8. The first-order valence-corrected chi connectivity index (χ1v) is 17.5. The second-order valence-corrected chi connectivity index (χ2v) is 14.2. The van der Waals surface area contributed by atoms with Gasteiger partial charge in [0.05, 0.1) is 24.4 Å². The Balaban J connectivity index is 1.25. The van der Waals surface area contributed by atoms with Crippen LogP contribution in [0, 0.1) is 35.5 Å². The van der Waals surface area contributed by atoms with Gasteiger partial charge in [-0.15, -0.1) is 0 Å². The van der Waals surface area contributed by atoms with Crippen molar-refractivity contribution < 1.29 is 38.1 Å². The first-order chi connectivity index (χ1) is 21.3. The average Bonchev–Trinajstić information content (AvgIpc) is 3.43. The van der Waals surface area contributed by atoms with Gasteiger partial charge >= 0.3 is 11.9 Å². The molecular weight excluding hydrogens is 564 g/mol. The lowest BCUT2D eigenvalue weighted by atomic mass is 9.74. The number of carbonyl (C=O) groups is 4. The van der Waals surface area contributed by atoms with Crippen molar-refractivity contribution in [1.29, 1.82) is 0 Å². The second kappa shape index (κ2) is 15.9. The van der Waals surface area contributed by atoms with E-state index in [1.807, 2.05) is 0 Å². The quantitative estimate of drug-likeness (QED) is 0.363. The molecule has 0 spiro atoms. The minimum atomic E-state index is -1.02. The van der Waals surface area contributed by atoms with E-state index in [4.69, 9.17) is 18.9 Å². The smallest absolute Gasteiger partial charge is 0.335 e. The number of rotatable bonds is 9. The summed E-state index contributed by atoms with van der Waals surface area (Å²) in [6, 6.07) is -0.00450. The molecule has 2 heterocycles. The summed E-state index contributed by atoms with van der Waals surface area (Å²) in [6.07, 6.45) is 13.0. The maximum absolute atomic E-state index is 14.0. The Morgan fingerprint density at radius 1 is 0.705 bits per heavy atom. The normalized spacial score (nSPS) is 37.9. The van der Waals surface area contributed by atoms with Crippen molar-refractivity contribution in [3.63, 3.8) is 0 Å². The van der Waals surface area contributed by atoms with Gasteiger partial charge in [-0.2, -0.15) is 0 Å². The van der Waals surface area contributed by atoms with Crippen LogP contribution in [0.15, 0.2) is 0 Å². The number of esters is 2. The van der Waals surface area contributed by atoms with Crippen molar-refractivity contribution >= 4 is 23.8 Å². The third kappa shape index (κ3) is 8.53. The zero-order valence-electron chi connectivity index (χ0n) is 26.8. The van der Waals surface area contributed by atoms with E-state index in [1.54, 1.807) is 0 Å². The molecule has 3 aliphatic carbocycles. The molecule has 2 aliphatic heterocycles. The predicted octanol–water partition coefficient (Wildman–Crippen LogP) is 4.43. The van der Waals surface area contributed by atoms with Crippen molar-refractivity contribution in [1.82, 2.24) is 10.6 Å². The minimum Gasteiger partial charge on any atom is -0.460 e. The van der Waals surface area contributed by atoms with Crippen molar-refractivity contribution in [3.05, 3.63) is 0 Å². The highest BCUT2D eigenvalue weighted by Gasteiger charge is 2.56. The number of carbonyl (C=O) groups excluding carboxylic acids is 4. The van der Waals surface area contributed by atoms with Gasteiger partial charge in [-0.05, 0) is 88.4 Å². The Hall–Kier alpha value is -2.20. The molecule has 0 aromatic heterocycles. The molecule has 6 unspecified atom stereocenters. The minimum absolute atomic E-state index is 0.00450. The highest BCUT2D eigenvalue weighted by Crippen LogP contribution is 2.42. The molecule has 2 amide bonds. The first kappa shape index (κ1) is 33.2. The SMILES string of the molecule is CNC(=O)C1C(C(=O)OC2CCCCO2)CC(OC(=O)C2CCCCO2)C1C(=O)NC1CCC(CC2CCC(C)CC2)CC1. The lowest BCUT2D eigenvalue weighted by Crippen LogP contribution is -2.49. The Morgan fingerprint density at radius 2 is 1.36 bits per heavy atom. The van der Waals surface area contributed by atoms with Crippen LogP contribution in [0.5, 0.6) is 0 Å². The number of hydrogen-bond donors (Lipinski definition) is 2. The Bertz CT molecular complexity index is 978. The summed E-state index contributed by atoms with van der Waals surface area (Å²) in [4.78, 5) is 54.0. The Morgan fingerprint density at radius 3 is 1.98 bits per heavy atom. The summed E-state index contributed by atoms with van der Waals surface area (Å²) in [6.45, 7) is 3.35. The molecule has 0 radical (unpaired) electrons. The fourth-order valence-electron chi connectivity index (χ4n) is 8.28. The van der Waals surface area contributed by atoms with Crippen LogP contribution < -0.4 is 10.6 Å². The summed E-state index contributed by atoms with van der Waals surface area (Å²) in [7, 11) is 1.49. The molecule has 0 aromatic rings. The van der Waals surface area contributed by atoms with Crippen LogP contribution in [-0.2, 0) is 38.1 Å². The lowest BCUT2D eigenvalue weighted by molar-refractivity contribution is -0.193. The zero-order valence-corrected chi connectivity index (χ0v) is 26.8. The van der Waals surface area contributed by atoms with Crippen molar-refractivity contribution in [2.24, 2.45) is 35.5 Å². The second-order valence-electron chi connectivity index (χ2n) is 14.2. The molecule has 2 saturated heterocycles. The largest absolute Gasteiger partial charge is 0.460 e. The third-order valence-corrected chi connectivity index (χ3v) is 11.0. The van der Waals surface area contributed by atoms with Crippen molar-refractivity contribution in [2.75, 3.05) is 20.3 Å². The third-order valence-electron chi connectivity index (χ3n) is 11.0. The summed E-state index contributed by atoms with van der Waals surface area (Å²) >= 11 is 0. The van der Waals surface area contributed by atoms with Crippen LogP contribution in [0.4, 0.5) is 0 Å². The first-order valence-electron chi connectivity index (χ1n) is 17.5. The molecule has 2 N–H and O–H groups in total. The fourth-order valence-corrected chi connectivity index (χ4v) is 8.28. The number of ether oxygens (including phenoxy) is 4. The number of nitrogens with one attached hydrogen (secondary N) is 2. The standard InChI is InChI=1S/C34H54N2O8/c1-21-9-11-22(12-10-21)19-23-13-15-24(16-14-23)36-32(38)30-27(43-34(40)26-7-3-5-17-41-26)20-25(29(30)31(37)35-2)33(39)44-28-8-4-6-18-42-28/h21-30H,3-20H2,1-2H3,(H,35,37)(H,36,38). The molecule has 0 bridgehead atoms. The van der Waals surface area contributed by atoms with Gasteiger partial charge in [0.25, 0.3) is 0 Å². The van der Waals surface area contributed by atoms with Gasteiger partial charge in [-0.1, -0.05) is 32.6 Å². The van der Waals surface area contributed by atoms with E-state index in [-0.39, 0.29) is 18.4 Å². The van der Waals surface area contributed by atoms with Gasteiger partial charge in [-0.3, -0.25) is 14.4 Å². The summed E-state index contributed by atoms with van der Waals surface area (Å²) in [5.74, 6) is -2.49. The van der Waals surface area contributed by atoms with Gasteiger partial charge in [0.2, 0.25) is 18.1 Å². The van der Waals surface area contributed by atoms with Crippen LogP contribution in [0.25, 0.3) is 0 Å². The van der Waals surface area contributed by atoms with Crippen LogP contribution in [0.1, 0.15) is 110 Å². The van der Waals surface area contributed by atoms with Crippen molar-refractivity contribution in [3.8, 4) is 0 Å². The van der Waals surface area contributed by atoms with E-state index in [0.717, 1.165) is 63.2 Å². The molecule has 5 aliphatic rings. The van der Waals surface area contributed by atoms with E-state index in [0.29, 0.717) is 32.0 Å². The topological polar surface area (TPSA) is 129 Å². The Kier molecular flexibility index (Phi) is 12.0. The van der Waals surface area contributed by atoms with Crippen LogP contribution in [0.3, 0.4) is 0 Å². The molecule has 5 fully saturated rings. The highest BCUT2D eigenvalue weighted by atomic mass is 16.7. The molecule has 3 saturated carbocycles. The molecule has 0 aromatic carbocycles. The molecule has 248 valence electrons. The molecule has 44 heavy (non-hydrogen) atoms. The highest BCUT2D eigenvalue weighted by molar-refractivity contribution is 5.93. The van der Waals surface area contributed by atoms with Gasteiger partial charge < -0.3 is 29.6 Å². The van der Waals surface area contributed by atoms with Crippen LogP contribution in [-0.4, -0.2) is 68.6 Å². The predicted molar refractivity (Wildman–Crippen MR) is 162 cm³/mol. The van der Waals surface area contributed by atoms with Crippen molar-refractivity contribution in [2.45, 2.75) is 134 Å². The zero-order chi connectivity index (χ0) is 31.1. The summed E-state index contributed by atoms with van der Waals surface area (Å²) in [5.41, 5.74) is 0. The molecule has 10 heteroatoms. The van der Waals surface area contributed by atoms with Crippen LogP contribution in [0.2, 0.25) is 0 Å². The lowest BCUT2D eigenvalue weighted by Gasteiger charge is -2.34. The van der Waals surface area contributed by atoms with Gasteiger partial charge in [0, 0.05) is 26.1 Å².